The fourth-order valence-corrected chi connectivity index (χ4v) is 6.00. The summed E-state index contributed by atoms with van der Waals surface area (Å²) in [5.41, 5.74) is 1.83. The molecular formula is C25H25N5O3S. The summed E-state index contributed by atoms with van der Waals surface area (Å²) in [6.07, 6.45) is 3.90. The molecule has 4 aromatic rings. The molecule has 0 aliphatic carbocycles. The quantitative estimate of drug-likeness (QED) is 0.457. The van der Waals surface area contributed by atoms with Crippen LogP contribution in [0.5, 0.6) is 0 Å². The number of sulfonamides is 1. The number of hydrogen-bond acceptors (Lipinski definition) is 6. The van der Waals surface area contributed by atoms with Crippen LogP contribution in [0.25, 0.3) is 22.8 Å². The number of aryl methyl sites for hydroxylation is 1. The van der Waals surface area contributed by atoms with Crippen molar-refractivity contribution in [2.24, 2.45) is 0 Å². The maximum absolute atomic E-state index is 13.6. The van der Waals surface area contributed by atoms with E-state index in [9.17, 15) is 13.5 Å². The fourth-order valence-electron chi connectivity index (χ4n) is 4.31. The van der Waals surface area contributed by atoms with Crippen LogP contribution in [0.3, 0.4) is 0 Å². The zero-order valence-corrected chi connectivity index (χ0v) is 19.5. The highest BCUT2D eigenvalue weighted by Crippen LogP contribution is 2.35. The predicted molar refractivity (Wildman–Crippen MR) is 128 cm³/mol. The Kier molecular flexibility index (Phi) is 5.76. The Morgan fingerprint density at radius 3 is 2.32 bits per heavy atom. The lowest BCUT2D eigenvalue weighted by molar-refractivity contribution is -0.00989. The second kappa shape index (κ2) is 8.75. The standard InChI is InChI=1S/C25H25N5O3S/c1-18-9-10-20(24-27-23(28-29-24)19-6-3-2-4-7-19)16-22(18)34(32,33)30-14-11-25(31,12-15-30)21-8-5-13-26-17-21/h2-10,13,16-17,31H,11-12,14-15H2,1H3,(H,27,28,29). The molecule has 174 valence electrons. The molecule has 2 aromatic carbocycles. The van der Waals surface area contributed by atoms with Crippen LogP contribution in [0.15, 0.2) is 78.0 Å². The van der Waals surface area contributed by atoms with E-state index in [1.165, 1.54) is 4.31 Å². The molecule has 2 N–H and O–H groups in total. The summed E-state index contributed by atoms with van der Waals surface area (Å²) in [6.45, 7) is 2.22. The molecule has 0 spiro atoms. The zero-order chi connectivity index (χ0) is 23.8. The van der Waals surface area contributed by atoms with Crippen molar-refractivity contribution in [1.82, 2.24) is 24.5 Å². The van der Waals surface area contributed by atoms with Gasteiger partial charge in [0.1, 0.15) is 0 Å². The second-order valence-electron chi connectivity index (χ2n) is 8.55. The Labute approximate surface area is 198 Å². The Hall–Kier alpha value is -3.40. The number of hydrogen-bond donors (Lipinski definition) is 2. The van der Waals surface area contributed by atoms with E-state index < -0.39 is 15.6 Å². The summed E-state index contributed by atoms with van der Waals surface area (Å²) in [4.78, 5) is 7.50. The van der Waals surface area contributed by atoms with Crippen LogP contribution in [-0.4, -0.2) is 51.1 Å². The SMILES string of the molecule is Cc1ccc(-c2nnc(-c3ccccc3)[nH]2)cc1S(=O)(=O)N1CCC(O)(c2cccnc2)CC1. The largest absolute Gasteiger partial charge is 0.385 e. The lowest BCUT2D eigenvalue weighted by Crippen LogP contribution is -2.45. The summed E-state index contributed by atoms with van der Waals surface area (Å²) in [6, 6.07) is 18.5. The molecule has 2 aromatic heterocycles. The first-order valence-corrected chi connectivity index (χ1v) is 12.5. The monoisotopic (exact) mass is 475 g/mol. The average Bonchev–Trinajstić information content (AvgIpc) is 3.36. The fraction of sp³-hybridized carbons (Fsp3) is 0.240. The average molecular weight is 476 g/mol. The van der Waals surface area contributed by atoms with Crippen LogP contribution in [0.4, 0.5) is 0 Å². The van der Waals surface area contributed by atoms with Gasteiger partial charge in [0.25, 0.3) is 0 Å². The number of H-pyrrole nitrogens is 1. The van der Waals surface area contributed by atoms with E-state index in [0.29, 0.717) is 41.2 Å². The minimum absolute atomic E-state index is 0.220. The van der Waals surface area contributed by atoms with Crippen LogP contribution in [0.2, 0.25) is 0 Å². The molecule has 0 unspecified atom stereocenters. The van der Waals surface area contributed by atoms with Gasteiger partial charge in [-0.05, 0) is 37.5 Å². The predicted octanol–water partition coefficient (Wildman–Crippen LogP) is 3.51. The molecule has 8 nitrogen and oxygen atoms in total. The van der Waals surface area contributed by atoms with Crippen molar-refractivity contribution in [3.63, 3.8) is 0 Å². The van der Waals surface area contributed by atoms with Crippen LogP contribution < -0.4 is 0 Å². The lowest BCUT2D eigenvalue weighted by Gasteiger charge is -2.37. The van der Waals surface area contributed by atoms with Crippen LogP contribution in [-0.2, 0) is 15.6 Å². The van der Waals surface area contributed by atoms with Crippen molar-refractivity contribution >= 4 is 10.0 Å². The van der Waals surface area contributed by atoms with E-state index in [2.05, 4.69) is 20.2 Å². The Bertz CT molecular complexity index is 1400. The number of benzene rings is 2. The highest BCUT2D eigenvalue weighted by molar-refractivity contribution is 7.89. The molecule has 1 saturated heterocycles. The van der Waals surface area contributed by atoms with Gasteiger partial charge in [-0.25, -0.2) is 8.42 Å². The van der Waals surface area contributed by atoms with E-state index in [1.54, 1.807) is 37.5 Å². The Morgan fingerprint density at radius 1 is 0.941 bits per heavy atom. The van der Waals surface area contributed by atoms with Crippen LogP contribution >= 0.6 is 0 Å². The number of nitrogens with one attached hydrogen (secondary N) is 1. The third-order valence-corrected chi connectivity index (χ3v) is 8.40. The zero-order valence-electron chi connectivity index (χ0n) is 18.7. The topological polar surface area (TPSA) is 112 Å². The number of aromatic amines is 1. The van der Waals surface area contributed by atoms with Gasteiger partial charge >= 0.3 is 0 Å². The molecule has 3 heterocycles. The van der Waals surface area contributed by atoms with Gasteiger partial charge in [-0.15, -0.1) is 10.2 Å². The molecule has 9 heteroatoms. The molecule has 0 radical (unpaired) electrons. The minimum atomic E-state index is -3.76. The van der Waals surface area contributed by atoms with Gasteiger partial charge in [0.15, 0.2) is 11.6 Å². The Balaban J connectivity index is 1.40. The molecule has 1 aliphatic heterocycles. The first-order chi connectivity index (χ1) is 16.4. The summed E-state index contributed by atoms with van der Waals surface area (Å²) in [7, 11) is -3.76. The highest BCUT2D eigenvalue weighted by atomic mass is 32.2. The van der Waals surface area contributed by atoms with Crippen LogP contribution in [0, 0.1) is 6.92 Å². The molecule has 1 fully saturated rings. The molecule has 0 amide bonds. The van der Waals surface area contributed by atoms with Crippen molar-refractivity contribution < 1.29 is 13.5 Å². The molecule has 0 atom stereocenters. The van der Waals surface area contributed by atoms with E-state index in [0.717, 1.165) is 5.56 Å². The van der Waals surface area contributed by atoms with E-state index in [-0.39, 0.29) is 18.0 Å². The van der Waals surface area contributed by atoms with Gasteiger partial charge in [0.2, 0.25) is 10.0 Å². The van der Waals surface area contributed by atoms with Gasteiger partial charge in [-0.3, -0.25) is 4.98 Å². The number of nitrogens with zero attached hydrogens (tertiary/aromatic N) is 4. The lowest BCUT2D eigenvalue weighted by atomic mass is 9.86. The molecule has 5 rings (SSSR count). The number of rotatable bonds is 5. The molecule has 0 saturated carbocycles. The van der Waals surface area contributed by atoms with Gasteiger partial charge in [0, 0.05) is 42.2 Å². The number of aromatic nitrogens is 4. The number of aliphatic hydroxyl groups is 1. The first kappa shape index (κ1) is 22.4. The molecular weight excluding hydrogens is 450 g/mol. The Morgan fingerprint density at radius 2 is 1.65 bits per heavy atom. The summed E-state index contributed by atoms with van der Waals surface area (Å²) >= 11 is 0. The molecule has 0 bridgehead atoms. The van der Waals surface area contributed by atoms with Gasteiger partial charge in [-0.1, -0.05) is 48.5 Å². The summed E-state index contributed by atoms with van der Waals surface area (Å²) in [5.74, 6) is 1.12. The van der Waals surface area contributed by atoms with Crippen molar-refractivity contribution in [3.8, 4) is 22.8 Å². The summed E-state index contributed by atoms with van der Waals surface area (Å²) < 4.78 is 28.5. The van der Waals surface area contributed by atoms with Crippen molar-refractivity contribution in [2.75, 3.05) is 13.1 Å². The van der Waals surface area contributed by atoms with Gasteiger partial charge in [-0.2, -0.15) is 4.31 Å². The van der Waals surface area contributed by atoms with Gasteiger partial charge < -0.3 is 10.1 Å². The normalized spacial score (nSPS) is 16.4. The highest BCUT2D eigenvalue weighted by Gasteiger charge is 2.38. The third-order valence-electron chi connectivity index (χ3n) is 6.36. The third kappa shape index (κ3) is 4.13. The van der Waals surface area contributed by atoms with Crippen molar-refractivity contribution in [2.45, 2.75) is 30.3 Å². The molecule has 1 aliphatic rings. The minimum Gasteiger partial charge on any atom is -0.385 e. The van der Waals surface area contributed by atoms with E-state index >= 15 is 0 Å². The maximum atomic E-state index is 13.6. The number of piperidine rings is 1. The first-order valence-electron chi connectivity index (χ1n) is 11.1. The second-order valence-corrected chi connectivity index (χ2v) is 10.5. The van der Waals surface area contributed by atoms with Crippen molar-refractivity contribution in [3.05, 3.63) is 84.2 Å². The smallest absolute Gasteiger partial charge is 0.243 e. The maximum Gasteiger partial charge on any atom is 0.243 e. The van der Waals surface area contributed by atoms with E-state index in [4.69, 9.17) is 0 Å². The van der Waals surface area contributed by atoms with Gasteiger partial charge in [0.05, 0.1) is 10.5 Å². The molecule has 34 heavy (non-hydrogen) atoms. The van der Waals surface area contributed by atoms with Crippen LogP contribution in [0.1, 0.15) is 24.0 Å². The number of pyridine rings is 1. The van der Waals surface area contributed by atoms with Crippen molar-refractivity contribution in [1.29, 1.82) is 0 Å². The summed E-state index contributed by atoms with van der Waals surface area (Å²) in [5, 5.41) is 19.5. The van der Waals surface area contributed by atoms with E-state index in [1.807, 2.05) is 42.5 Å².